The van der Waals surface area contributed by atoms with E-state index in [0.29, 0.717) is 24.3 Å². The highest BCUT2D eigenvalue weighted by Gasteiger charge is 2.11. The SMILES string of the molecule is CCCOc1cccc(C(=O)NC(C#N)CC)c1. The summed E-state index contributed by atoms with van der Waals surface area (Å²) in [7, 11) is 0. The summed E-state index contributed by atoms with van der Waals surface area (Å²) in [5, 5.41) is 11.5. The van der Waals surface area contributed by atoms with E-state index in [4.69, 9.17) is 10.00 Å². The number of hydrogen-bond donors (Lipinski definition) is 1. The van der Waals surface area contributed by atoms with Crippen molar-refractivity contribution < 1.29 is 9.53 Å². The van der Waals surface area contributed by atoms with Crippen molar-refractivity contribution in [3.8, 4) is 11.8 Å². The molecule has 1 aromatic rings. The van der Waals surface area contributed by atoms with Gasteiger partial charge in [-0.05, 0) is 31.0 Å². The van der Waals surface area contributed by atoms with Gasteiger partial charge in [-0.1, -0.05) is 19.9 Å². The Bertz CT molecular complexity index is 438. The standard InChI is InChI=1S/C14H18N2O2/c1-3-8-18-13-7-5-6-11(9-13)14(17)16-12(4-2)10-15/h5-7,9,12H,3-4,8H2,1-2H3,(H,16,17). The van der Waals surface area contributed by atoms with Gasteiger partial charge in [0.15, 0.2) is 0 Å². The first-order chi connectivity index (χ1) is 8.71. The van der Waals surface area contributed by atoms with E-state index in [0.717, 1.165) is 6.42 Å². The van der Waals surface area contributed by atoms with Gasteiger partial charge in [0, 0.05) is 5.56 Å². The van der Waals surface area contributed by atoms with Crippen LogP contribution in [0.5, 0.6) is 5.75 Å². The lowest BCUT2D eigenvalue weighted by Crippen LogP contribution is -2.33. The highest BCUT2D eigenvalue weighted by atomic mass is 16.5. The van der Waals surface area contributed by atoms with Crippen LogP contribution in [0.4, 0.5) is 0 Å². The zero-order chi connectivity index (χ0) is 13.4. The quantitative estimate of drug-likeness (QED) is 0.838. The molecule has 0 heterocycles. The van der Waals surface area contributed by atoms with Crippen molar-refractivity contribution in [2.24, 2.45) is 0 Å². The minimum absolute atomic E-state index is 0.245. The zero-order valence-electron chi connectivity index (χ0n) is 10.8. The zero-order valence-corrected chi connectivity index (χ0v) is 10.8. The van der Waals surface area contributed by atoms with Gasteiger partial charge in [-0.3, -0.25) is 4.79 Å². The van der Waals surface area contributed by atoms with Gasteiger partial charge in [0.25, 0.3) is 5.91 Å². The van der Waals surface area contributed by atoms with Crippen molar-refractivity contribution in [1.82, 2.24) is 5.32 Å². The van der Waals surface area contributed by atoms with Crippen LogP contribution in [-0.4, -0.2) is 18.6 Å². The van der Waals surface area contributed by atoms with Gasteiger partial charge in [-0.25, -0.2) is 0 Å². The molecule has 0 saturated carbocycles. The molecule has 0 aliphatic rings. The fourth-order valence-corrected chi connectivity index (χ4v) is 1.41. The molecule has 1 atom stereocenters. The van der Waals surface area contributed by atoms with Crippen molar-refractivity contribution in [1.29, 1.82) is 5.26 Å². The summed E-state index contributed by atoms with van der Waals surface area (Å²) in [5.41, 5.74) is 0.511. The van der Waals surface area contributed by atoms with Gasteiger partial charge in [0.05, 0.1) is 12.7 Å². The maximum atomic E-state index is 11.9. The van der Waals surface area contributed by atoms with E-state index in [1.54, 1.807) is 18.2 Å². The molecule has 96 valence electrons. The number of nitrogens with one attached hydrogen (secondary N) is 1. The Morgan fingerprint density at radius 3 is 2.89 bits per heavy atom. The largest absolute Gasteiger partial charge is 0.494 e. The molecule has 0 aliphatic carbocycles. The van der Waals surface area contributed by atoms with Gasteiger partial charge in [-0.2, -0.15) is 5.26 Å². The third-order valence-electron chi connectivity index (χ3n) is 2.44. The fraction of sp³-hybridized carbons (Fsp3) is 0.429. The number of carbonyl (C=O) groups is 1. The van der Waals surface area contributed by atoms with E-state index in [1.807, 2.05) is 26.0 Å². The van der Waals surface area contributed by atoms with E-state index in [1.165, 1.54) is 0 Å². The second kappa shape index (κ2) is 7.33. The second-order valence-electron chi connectivity index (χ2n) is 3.94. The van der Waals surface area contributed by atoms with Crippen molar-refractivity contribution in [2.75, 3.05) is 6.61 Å². The van der Waals surface area contributed by atoms with Crippen LogP contribution < -0.4 is 10.1 Å². The summed E-state index contributed by atoms with van der Waals surface area (Å²) in [6.45, 7) is 4.51. The van der Waals surface area contributed by atoms with Gasteiger partial charge >= 0.3 is 0 Å². The maximum absolute atomic E-state index is 11.9. The summed E-state index contributed by atoms with van der Waals surface area (Å²) in [6, 6.07) is 8.57. The molecule has 1 unspecified atom stereocenters. The fourth-order valence-electron chi connectivity index (χ4n) is 1.41. The van der Waals surface area contributed by atoms with Crippen LogP contribution in [-0.2, 0) is 0 Å². The number of hydrogen-bond acceptors (Lipinski definition) is 3. The lowest BCUT2D eigenvalue weighted by molar-refractivity contribution is 0.0944. The van der Waals surface area contributed by atoms with Crippen LogP contribution >= 0.6 is 0 Å². The molecule has 1 aromatic carbocycles. The number of amides is 1. The Morgan fingerprint density at radius 2 is 2.28 bits per heavy atom. The topological polar surface area (TPSA) is 62.1 Å². The Hall–Kier alpha value is -2.02. The average Bonchev–Trinajstić information content (AvgIpc) is 2.42. The minimum Gasteiger partial charge on any atom is -0.494 e. The molecule has 1 N–H and O–H groups in total. The molecular weight excluding hydrogens is 228 g/mol. The van der Waals surface area contributed by atoms with Crippen LogP contribution in [0.3, 0.4) is 0 Å². The maximum Gasteiger partial charge on any atom is 0.252 e. The van der Waals surface area contributed by atoms with E-state index in [2.05, 4.69) is 5.32 Å². The number of ether oxygens (including phenoxy) is 1. The summed E-state index contributed by atoms with van der Waals surface area (Å²) in [5.74, 6) is 0.430. The number of carbonyl (C=O) groups excluding carboxylic acids is 1. The summed E-state index contributed by atoms with van der Waals surface area (Å²) < 4.78 is 5.46. The summed E-state index contributed by atoms with van der Waals surface area (Å²) in [4.78, 5) is 11.9. The first-order valence-electron chi connectivity index (χ1n) is 6.14. The average molecular weight is 246 g/mol. The lowest BCUT2D eigenvalue weighted by Gasteiger charge is -2.10. The predicted molar refractivity (Wildman–Crippen MR) is 69.4 cm³/mol. The van der Waals surface area contributed by atoms with Crippen molar-refractivity contribution in [3.63, 3.8) is 0 Å². The van der Waals surface area contributed by atoms with Gasteiger partial charge in [0.1, 0.15) is 11.8 Å². The first kappa shape index (κ1) is 14.0. The molecule has 0 aliphatic heterocycles. The molecule has 0 spiro atoms. The van der Waals surface area contributed by atoms with Crippen LogP contribution in [0.25, 0.3) is 0 Å². The molecule has 4 nitrogen and oxygen atoms in total. The van der Waals surface area contributed by atoms with E-state index < -0.39 is 6.04 Å². The molecule has 18 heavy (non-hydrogen) atoms. The smallest absolute Gasteiger partial charge is 0.252 e. The minimum atomic E-state index is -0.447. The molecular formula is C14H18N2O2. The van der Waals surface area contributed by atoms with Crippen molar-refractivity contribution in [2.45, 2.75) is 32.7 Å². The normalized spacial score (nSPS) is 11.4. The van der Waals surface area contributed by atoms with Crippen LogP contribution in [0.2, 0.25) is 0 Å². The monoisotopic (exact) mass is 246 g/mol. The highest BCUT2D eigenvalue weighted by Crippen LogP contribution is 2.13. The lowest BCUT2D eigenvalue weighted by atomic mass is 10.1. The number of nitrogens with zero attached hydrogens (tertiary/aromatic N) is 1. The Morgan fingerprint density at radius 1 is 1.50 bits per heavy atom. The highest BCUT2D eigenvalue weighted by molar-refractivity contribution is 5.94. The van der Waals surface area contributed by atoms with Crippen LogP contribution in [0.15, 0.2) is 24.3 Å². The second-order valence-corrected chi connectivity index (χ2v) is 3.94. The third kappa shape index (κ3) is 4.10. The molecule has 0 bridgehead atoms. The van der Waals surface area contributed by atoms with Crippen molar-refractivity contribution in [3.05, 3.63) is 29.8 Å². The number of nitriles is 1. The molecule has 1 rings (SSSR count). The van der Waals surface area contributed by atoms with Crippen molar-refractivity contribution >= 4 is 5.91 Å². The molecule has 4 heteroatoms. The van der Waals surface area contributed by atoms with E-state index in [9.17, 15) is 4.79 Å². The molecule has 0 fully saturated rings. The number of rotatable bonds is 6. The first-order valence-corrected chi connectivity index (χ1v) is 6.14. The molecule has 1 amide bonds. The predicted octanol–water partition coefficient (Wildman–Crippen LogP) is 2.51. The summed E-state index contributed by atoms with van der Waals surface area (Å²) in [6.07, 6.45) is 1.51. The Balaban J connectivity index is 2.71. The third-order valence-corrected chi connectivity index (χ3v) is 2.44. The Kier molecular flexibility index (Phi) is 5.72. The Labute approximate surface area is 108 Å². The number of benzene rings is 1. The molecule has 0 radical (unpaired) electrons. The summed E-state index contributed by atoms with van der Waals surface area (Å²) >= 11 is 0. The van der Waals surface area contributed by atoms with Gasteiger partial charge in [-0.15, -0.1) is 0 Å². The van der Waals surface area contributed by atoms with Crippen LogP contribution in [0, 0.1) is 11.3 Å². The van der Waals surface area contributed by atoms with Crippen LogP contribution in [0.1, 0.15) is 37.0 Å². The molecule has 0 aromatic heterocycles. The van der Waals surface area contributed by atoms with Gasteiger partial charge in [0.2, 0.25) is 0 Å². The molecule has 0 saturated heterocycles. The van der Waals surface area contributed by atoms with Gasteiger partial charge < -0.3 is 10.1 Å². The van der Waals surface area contributed by atoms with E-state index >= 15 is 0 Å². The van der Waals surface area contributed by atoms with E-state index in [-0.39, 0.29) is 5.91 Å².